The first-order valence-corrected chi connectivity index (χ1v) is 8.05. The number of allylic oxidation sites excluding steroid dienone is 2. The number of hydrogen-bond donors (Lipinski definition) is 0. The molecule has 0 bridgehead atoms. The molecule has 22 heavy (non-hydrogen) atoms. The van der Waals surface area contributed by atoms with E-state index < -0.39 is 0 Å². The normalized spacial score (nSPS) is 14.4. The summed E-state index contributed by atoms with van der Waals surface area (Å²) in [4.78, 5) is 14.8. The molecule has 2 nitrogen and oxygen atoms in total. The van der Waals surface area contributed by atoms with E-state index in [1.807, 2.05) is 71.6 Å². The molecular formula is C19H16BrNO. The molecule has 0 N–H and O–H groups in total. The molecule has 2 aromatic carbocycles. The first-order chi connectivity index (χ1) is 10.8. The van der Waals surface area contributed by atoms with Crippen molar-refractivity contribution in [2.24, 2.45) is 0 Å². The highest BCUT2D eigenvalue weighted by Crippen LogP contribution is 2.26. The van der Waals surface area contributed by atoms with Crippen LogP contribution in [0.25, 0.3) is 5.70 Å². The second-order valence-corrected chi connectivity index (χ2v) is 5.93. The summed E-state index contributed by atoms with van der Waals surface area (Å²) in [5.74, 6) is 0.0197. The topological polar surface area (TPSA) is 20.3 Å². The van der Waals surface area contributed by atoms with Gasteiger partial charge in [0.2, 0.25) is 0 Å². The highest BCUT2D eigenvalue weighted by molar-refractivity contribution is 9.10. The van der Waals surface area contributed by atoms with Crippen molar-refractivity contribution in [1.82, 2.24) is 4.90 Å². The van der Waals surface area contributed by atoms with Crippen molar-refractivity contribution < 1.29 is 4.79 Å². The average Bonchev–Trinajstić information content (AvgIpc) is 2.81. The molecular weight excluding hydrogens is 338 g/mol. The first-order valence-electron chi connectivity index (χ1n) is 7.26. The summed E-state index contributed by atoms with van der Waals surface area (Å²) in [6, 6.07) is 17.6. The van der Waals surface area contributed by atoms with E-state index in [1.165, 1.54) is 0 Å². The lowest BCUT2D eigenvalue weighted by Crippen LogP contribution is -2.30. The second kappa shape index (κ2) is 6.75. The third kappa shape index (κ3) is 3.04. The van der Waals surface area contributed by atoms with Gasteiger partial charge in [0.1, 0.15) is 0 Å². The van der Waals surface area contributed by atoms with Gasteiger partial charge in [0.25, 0.3) is 5.91 Å². The van der Waals surface area contributed by atoms with Gasteiger partial charge in [-0.05, 0) is 46.1 Å². The molecule has 2 aromatic rings. The Labute approximate surface area is 138 Å². The fourth-order valence-corrected chi connectivity index (χ4v) is 2.98. The standard InChI is InChI=1S/C19H16BrNO/c20-17-12-7-6-11-16(17)19(22)21-14-8-2-5-13-18(21)15-9-3-1-4-10-15/h1-7,9-13H,8,14H2. The largest absolute Gasteiger partial charge is 0.307 e. The summed E-state index contributed by atoms with van der Waals surface area (Å²) in [5.41, 5.74) is 2.68. The molecule has 0 unspecified atom stereocenters. The summed E-state index contributed by atoms with van der Waals surface area (Å²) in [6.45, 7) is 0.678. The minimum Gasteiger partial charge on any atom is -0.307 e. The number of benzene rings is 2. The molecule has 0 saturated carbocycles. The average molecular weight is 354 g/mol. The molecule has 0 atom stereocenters. The fraction of sp³-hybridized carbons (Fsp3) is 0.105. The molecule has 3 rings (SSSR count). The second-order valence-electron chi connectivity index (χ2n) is 5.07. The third-order valence-corrected chi connectivity index (χ3v) is 4.31. The Kier molecular flexibility index (Phi) is 4.54. The molecule has 0 aromatic heterocycles. The van der Waals surface area contributed by atoms with Crippen LogP contribution in [0, 0.1) is 0 Å². The Morgan fingerprint density at radius 2 is 1.73 bits per heavy atom. The van der Waals surface area contributed by atoms with E-state index in [4.69, 9.17) is 0 Å². The van der Waals surface area contributed by atoms with E-state index in [2.05, 4.69) is 22.0 Å². The molecule has 0 radical (unpaired) electrons. The SMILES string of the molecule is O=C(c1ccccc1Br)N1CCC=CC=C1c1ccccc1. The van der Waals surface area contributed by atoms with Crippen LogP contribution in [-0.4, -0.2) is 17.4 Å². The smallest absolute Gasteiger partial charge is 0.259 e. The van der Waals surface area contributed by atoms with Crippen LogP contribution in [0.15, 0.2) is 77.3 Å². The van der Waals surface area contributed by atoms with Crippen molar-refractivity contribution in [2.75, 3.05) is 6.54 Å². The molecule has 3 heteroatoms. The molecule has 1 aliphatic heterocycles. The van der Waals surface area contributed by atoms with Gasteiger partial charge < -0.3 is 4.90 Å². The Bertz CT molecular complexity index is 734. The maximum absolute atomic E-state index is 13.0. The van der Waals surface area contributed by atoms with Gasteiger partial charge in [-0.15, -0.1) is 0 Å². The Morgan fingerprint density at radius 3 is 2.50 bits per heavy atom. The van der Waals surface area contributed by atoms with E-state index in [-0.39, 0.29) is 5.91 Å². The summed E-state index contributed by atoms with van der Waals surface area (Å²) in [5, 5.41) is 0. The van der Waals surface area contributed by atoms with Gasteiger partial charge in [-0.2, -0.15) is 0 Å². The summed E-state index contributed by atoms with van der Waals surface area (Å²) in [7, 11) is 0. The van der Waals surface area contributed by atoms with Crippen molar-refractivity contribution >= 4 is 27.5 Å². The van der Waals surface area contributed by atoms with Crippen LogP contribution < -0.4 is 0 Å². The summed E-state index contributed by atoms with van der Waals surface area (Å²) >= 11 is 3.48. The quantitative estimate of drug-likeness (QED) is 0.752. The van der Waals surface area contributed by atoms with Crippen LogP contribution in [0.4, 0.5) is 0 Å². The number of carbonyl (C=O) groups is 1. The van der Waals surface area contributed by atoms with E-state index in [1.54, 1.807) is 0 Å². The highest BCUT2D eigenvalue weighted by atomic mass is 79.9. The van der Waals surface area contributed by atoms with Crippen LogP contribution in [-0.2, 0) is 0 Å². The maximum atomic E-state index is 13.0. The van der Waals surface area contributed by atoms with Gasteiger partial charge >= 0.3 is 0 Å². The number of amides is 1. The lowest BCUT2D eigenvalue weighted by atomic mass is 10.1. The number of hydrogen-bond acceptors (Lipinski definition) is 1. The molecule has 0 saturated heterocycles. The summed E-state index contributed by atoms with van der Waals surface area (Å²) in [6.07, 6.45) is 6.98. The van der Waals surface area contributed by atoms with E-state index in [9.17, 15) is 4.79 Å². The number of rotatable bonds is 2. The minimum absolute atomic E-state index is 0.0197. The number of carbonyl (C=O) groups excluding carboxylic acids is 1. The monoisotopic (exact) mass is 353 g/mol. The van der Waals surface area contributed by atoms with Crippen molar-refractivity contribution in [1.29, 1.82) is 0 Å². The Morgan fingerprint density at radius 1 is 1.00 bits per heavy atom. The lowest BCUT2D eigenvalue weighted by molar-refractivity contribution is 0.0837. The van der Waals surface area contributed by atoms with Crippen LogP contribution in [0.3, 0.4) is 0 Å². The fourth-order valence-electron chi connectivity index (χ4n) is 2.52. The zero-order valence-corrected chi connectivity index (χ0v) is 13.7. The highest BCUT2D eigenvalue weighted by Gasteiger charge is 2.22. The van der Waals surface area contributed by atoms with Crippen LogP contribution in [0.2, 0.25) is 0 Å². The molecule has 1 aliphatic rings. The zero-order valence-electron chi connectivity index (χ0n) is 12.1. The third-order valence-electron chi connectivity index (χ3n) is 3.62. The van der Waals surface area contributed by atoms with Crippen LogP contribution >= 0.6 is 15.9 Å². The lowest BCUT2D eigenvalue weighted by Gasteiger charge is -2.25. The van der Waals surface area contributed by atoms with Crippen molar-refractivity contribution in [2.45, 2.75) is 6.42 Å². The maximum Gasteiger partial charge on any atom is 0.259 e. The van der Waals surface area contributed by atoms with Gasteiger partial charge in [-0.25, -0.2) is 0 Å². The van der Waals surface area contributed by atoms with Gasteiger partial charge in [0.05, 0.1) is 11.3 Å². The minimum atomic E-state index is 0.0197. The molecule has 110 valence electrons. The zero-order chi connectivity index (χ0) is 15.4. The first kappa shape index (κ1) is 14.8. The van der Waals surface area contributed by atoms with Crippen molar-refractivity contribution in [3.8, 4) is 0 Å². The van der Waals surface area contributed by atoms with E-state index >= 15 is 0 Å². The molecule has 0 aliphatic carbocycles. The van der Waals surface area contributed by atoms with Gasteiger partial charge in [-0.1, -0.05) is 54.6 Å². The molecule has 0 spiro atoms. The number of nitrogens with zero attached hydrogens (tertiary/aromatic N) is 1. The van der Waals surface area contributed by atoms with Crippen LogP contribution in [0.1, 0.15) is 22.3 Å². The van der Waals surface area contributed by atoms with E-state index in [0.29, 0.717) is 12.1 Å². The number of halogens is 1. The van der Waals surface area contributed by atoms with Crippen LogP contribution in [0.5, 0.6) is 0 Å². The molecule has 1 amide bonds. The summed E-state index contributed by atoms with van der Waals surface area (Å²) < 4.78 is 0.824. The Hall–Kier alpha value is -2.13. The van der Waals surface area contributed by atoms with Gasteiger partial charge in [0, 0.05) is 11.0 Å². The molecule has 1 heterocycles. The van der Waals surface area contributed by atoms with E-state index in [0.717, 1.165) is 22.2 Å². The molecule has 0 fully saturated rings. The van der Waals surface area contributed by atoms with Gasteiger partial charge in [0.15, 0.2) is 0 Å². The Balaban J connectivity index is 2.00. The predicted octanol–water partition coefficient (Wildman–Crippen LogP) is 4.89. The predicted molar refractivity (Wildman–Crippen MR) is 93.4 cm³/mol. The van der Waals surface area contributed by atoms with Crippen molar-refractivity contribution in [3.63, 3.8) is 0 Å². The van der Waals surface area contributed by atoms with Gasteiger partial charge in [-0.3, -0.25) is 4.79 Å². The van der Waals surface area contributed by atoms with Crippen molar-refractivity contribution in [3.05, 3.63) is 88.4 Å².